The molecule has 0 bridgehead atoms. The van der Waals surface area contributed by atoms with Crippen molar-refractivity contribution in [3.63, 3.8) is 0 Å². The third-order valence-electron chi connectivity index (χ3n) is 3.71. The van der Waals surface area contributed by atoms with Gasteiger partial charge in [-0.05, 0) is 12.1 Å². The van der Waals surface area contributed by atoms with E-state index in [1.165, 1.54) is 0 Å². The molecule has 0 radical (unpaired) electrons. The molecule has 4 rings (SSSR count). The Morgan fingerprint density at radius 2 is 2.18 bits per heavy atom. The minimum Gasteiger partial charge on any atom is -0.302 e. The molecule has 0 spiro atoms. The van der Waals surface area contributed by atoms with Crippen LogP contribution in [0.25, 0.3) is 21.8 Å². The van der Waals surface area contributed by atoms with Crippen LogP contribution in [0.15, 0.2) is 41.6 Å². The van der Waals surface area contributed by atoms with Crippen LogP contribution in [0.2, 0.25) is 5.02 Å². The fourth-order valence-corrected chi connectivity index (χ4v) is 2.91. The molecule has 3 aromatic heterocycles. The standard InChI is InChI=1S/C15H12ClN5O/c1-20-8-12-11-3-2-10(16)4-13(11)21(15(22)14(12)19-20)7-9-5-17-18-6-9/h2-6,8H,7H2,1H3,(H,17,18). The molecule has 110 valence electrons. The summed E-state index contributed by atoms with van der Waals surface area (Å²) in [5, 5.41) is 13.4. The van der Waals surface area contributed by atoms with Crippen LogP contribution in [0.3, 0.4) is 0 Å². The minimum atomic E-state index is -0.133. The summed E-state index contributed by atoms with van der Waals surface area (Å²) in [4.78, 5) is 12.8. The number of aromatic nitrogens is 5. The first-order valence-corrected chi connectivity index (χ1v) is 7.14. The molecule has 0 aliphatic rings. The molecule has 22 heavy (non-hydrogen) atoms. The quantitative estimate of drug-likeness (QED) is 0.617. The number of benzene rings is 1. The Kier molecular flexibility index (Phi) is 2.80. The van der Waals surface area contributed by atoms with Gasteiger partial charge >= 0.3 is 0 Å². The Hall–Kier alpha value is -2.60. The van der Waals surface area contributed by atoms with Crippen molar-refractivity contribution in [3.8, 4) is 0 Å². The topological polar surface area (TPSA) is 68.5 Å². The lowest BCUT2D eigenvalue weighted by atomic mass is 10.1. The Labute approximate surface area is 129 Å². The molecular weight excluding hydrogens is 302 g/mol. The van der Waals surface area contributed by atoms with E-state index in [9.17, 15) is 4.79 Å². The lowest BCUT2D eigenvalue weighted by Crippen LogP contribution is -2.21. The Bertz CT molecular complexity index is 1050. The van der Waals surface area contributed by atoms with Crippen molar-refractivity contribution in [1.29, 1.82) is 0 Å². The van der Waals surface area contributed by atoms with Crippen molar-refractivity contribution in [2.45, 2.75) is 6.54 Å². The Morgan fingerprint density at radius 3 is 2.95 bits per heavy atom. The first-order chi connectivity index (χ1) is 10.6. The van der Waals surface area contributed by atoms with E-state index >= 15 is 0 Å². The highest BCUT2D eigenvalue weighted by atomic mass is 35.5. The molecule has 0 aliphatic heterocycles. The van der Waals surface area contributed by atoms with Gasteiger partial charge in [-0.1, -0.05) is 17.7 Å². The van der Waals surface area contributed by atoms with Crippen molar-refractivity contribution < 1.29 is 0 Å². The van der Waals surface area contributed by atoms with Crippen LogP contribution >= 0.6 is 11.6 Å². The normalized spacial score (nSPS) is 11.5. The highest BCUT2D eigenvalue weighted by Crippen LogP contribution is 2.25. The van der Waals surface area contributed by atoms with Gasteiger partial charge in [-0.3, -0.25) is 14.6 Å². The number of halogens is 1. The number of pyridine rings is 1. The number of rotatable bonds is 2. The maximum absolute atomic E-state index is 12.8. The van der Waals surface area contributed by atoms with Crippen molar-refractivity contribution in [2.24, 2.45) is 7.05 Å². The van der Waals surface area contributed by atoms with Gasteiger partial charge in [-0.2, -0.15) is 10.2 Å². The van der Waals surface area contributed by atoms with Gasteiger partial charge < -0.3 is 4.57 Å². The number of hydrogen-bond donors (Lipinski definition) is 1. The summed E-state index contributed by atoms with van der Waals surface area (Å²) in [6.45, 7) is 0.415. The number of nitrogens with one attached hydrogen (secondary N) is 1. The van der Waals surface area contributed by atoms with E-state index in [4.69, 9.17) is 11.6 Å². The largest absolute Gasteiger partial charge is 0.302 e. The first kappa shape index (κ1) is 13.1. The maximum Gasteiger partial charge on any atom is 0.279 e. The summed E-state index contributed by atoms with van der Waals surface area (Å²) in [7, 11) is 1.81. The van der Waals surface area contributed by atoms with E-state index in [1.807, 2.05) is 31.4 Å². The molecule has 0 aliphatic carbocycles. The van der Waals surface area contributed by atoms with Gasteiger partial charge in [-0.15, -0.1) is 0 Å². The van der Waals surface area contributed by atoms with Gasteiger partial charge in [-0.25, -0.2) is 0 Å². The number of hydrogen-bond acceptors (Lipinski definition) is 3. The van der Waals surface area contributed by atoms with E-state index < -0.39 is 0 Å². The molecular formula is C15H12ClN5O. The van der Waals surface area contributed by atoms with E-state index in [0.717, 1.165) is 21.9 Å². The summed E-state index contributed by atoms with van der Waals surface area (Å²) in [5.74, 6) is 0. The molecule has 0 fully saturated rings. The number of fused-ring (bicyclic) bond motifs is 3. The average molecular weight is 314 g/mol. The van der Waals surface area contributed by atoms with Gasteiger partial charge in [0.15, 0.2) is 5.52 Å². The van der Waals surface area contributed by atoms with Crippen molar-refractivity contribution in [2.75, 3.05) is 0 Å². The van der Waals surface area contributed by atoms with Crippen LogP contribution in [-0.4, -0.2) is 24.5 Å². The SMILES string of the molecule is Cn1cc2c(n1)c(=O)n(Cc1cn[nH]c1)c1cc(Cl)ccc21. The molecule has 1 aromatic carbocycles. The predicted octanol–water partition coefficient (Wildman–Crippen LogP) is 2.31. The third-order valence-corrected chi connectivity index (χ3v) is 3.95. The number of aryl methyl sites for hydroxylation is 1. The van der Waals surface area contributed by atoms with Gasteiger partial charge in [0, 0.05) is 40.8 Å². The molecule has 0 atom stereocenters. The zero-order valence-corrected chi connectivity index (χ0v) is 12.5. The van der Waals surface area contributed by atoms with Crippen LogP contribution in [-0.2, 0) is 13.6 Å². The maximum atomic E-state index is 12.8. The van der Waals surface area contributed by atoms with Gasteiger partial charge in [0.25, 0.3) is 5.56 Å². The summed E-state index contributed by atoms with van der Waals surface area (Å²) in [6, 6.07) is 5.56. The highest BCUT2D eigenvalue weighted by Gasteiger charge is 2.14. The van der Waals surface area contributed by atoms with Gasteiger partial charge in [0.2, 0.25) is 0 Å². The van der Waals surface area contributed by atoms with E-state index in [-0.39, 0.29) is 5.56 Å². The van der Waals surface area contributed by atoms with Crippen molar-refractivity contribution >= 4 is 33.4 Å². The summed E-state index contributed by atoms with van der Waals surface area (Å²) in [6.07, 6.45) is 5.33. The van der Waals surface area contributed by atoms with Gasteiger partial charge in [0.05, 0.1) is 18.3 Å². The molecule has 0 saturated heterocycles. The Balaban J connectivity index is 2.13. The highest BCUT2D eigenvalue weighted by molar-refractivity contribution is 6.31. The van der Waals surface area contributed by atoms with Crippen LogP contribution in [0, 0.1) is 0 Å². The summed E-state index contributed by atoms with van der Waals surface area (Å²) < 4.78 is 3.34. The molecule has 3 heterocycles. The summed E-state index contributed by atoms with van der Waals surface area (Å²) >= 11 is 6.13. The summed E-state index contributed by atoms with van der Waals surface area (Å²) in [5.41, 5.74) is 2.03. The average Bonchev–Trinajstić information content (AvgIpc) is 3.12. The molecule has 7 heteroatoms. The third kappa shape index (κ3) is 1.92. The smallest absolute Gasteiger partial charge is 0.279 e. The monoisotopic (exact) mass is 313 g/mol. The molecule has 0 saturated carbocycles. The Morgan fingerprint density at radius 1 is 1.32 bits per heavy atom. The number of nitrogens with zero attached hydrogens (tertiary/aromatic N) is 4. The lowest BCUT2D eigenvalue weighted by molar-refractivity contribution is 0.766. The molecule has 1 N–H and O–H groups in total. The van der Waals surface area contributed by atoms with Crippen LogP contribution < -0.4 is 5.56 Å². The van der Waals surface area contributed by atoms with E-state index in [1.54, 1.807) is 21.6 Å². The van der Waals surface area contributed by atoms with E-state index in [2.05, 4.69) is 15.3 Å². The fraction of sp³-hybridized carbons (Fsp3) is 0.133. The van der Waals surface area contributed by atoms with Crippen LogP contribution in [0.1, 0.15) is 5.56 Å². The number of H-pyrrole nitrogens is 1. The lowest BCUT2D eigenvalue weighted by Gasteiger charge is -2.10. The molecule has 0 amide bonds. The second-order valence-corrected chi connectivity index (χ2v) is 5.66. The van der Waals surface area contributed by atoms with Crippen molar-refractivity contribution in [1.82, 2.24) is 24.5 Å². The molecule has 6 nitrogen and oxygen atoms in total. The fourth-order valence-electron chi connectivity index (χ4n) is 2.74. The van der Waals surface area contributed by atoms with Crippen LogP contribution in [0.4, 0.5) is 0 Å². The van der Waals surface area contributed by atoms with Crippen LogP contribution in [0.5, 0.6) is 0 Å². The zero-order valence-electron chi connectivity index (χ0n) is 11.7. The van der Waals surface area contributed by atoms with Gasteiger partial charge in [0.1, 0.15) is 0 Å². The second kappa shape index (κ2) is 4.71. The second-order valence-electron chi connectivity index (χ2n) is 5.22. The molecule has 4 aromatic rings. The van der Waals surface area contributed by atoms with Crippen molar-refractivity contribution in [3.05, 3.63) is 57.7 Å². The predicted molar refractivity (Wildman–Crippen MR) is 85.2 cm³/mol. The number of aromatic amines is 1. The zero-order chi connectivity index (χ0) is 15.3. The van der Waals surface area contributed by atoms with E-state index in [0.29, 0.717) is 17.1 Å². The minimum absolute atomic E-state index is 0.133. The first-order valence-electron chi connectivity index (χ1n) is 6.76. The molecule has 0 unspecified atom stereocenters.